The molecule has 0 spiro atoms. The van der Waals surface area contributed by atoms with Crippen molar-refractivity contribution in [2.45, 2.75) is 45.8 Å². The standard InChI is InChI=1S/C23H28FNO3/c1-23(2,3)28-22(26)18-9-8-17-10-11-20(27-4)13-21(17)25(15-18)14-16-6-5-7-19(24)12-16/h5-7,10-13,18H,8-9,14-15H2,1-4H3. The molecule has 0 bridgehead atoms. The van der Waals surface area contributed by atoms with E-state index in [4.69, 9.17) is 9.47 Å². The van der Waals surface area contributed by atoms with Gasteiger partial charge in [-0.3, -0.25) is 4.79 Å². The molecule has 1 unspecified atom stereocenters. The van der Waals surface area contributed by atoms with E-state index < -0.39 is 5.60 Å². The molecule has 0 saturated heterocycles. The lowest BCUT2D eigenvalue weighted by Gasteiger charge is -2.29. The number of hydrogen-bond donors (Lipinski definition) is 0. The van der Waals surface area contributed by atoms with Gasteiger partial charge >= 0.3 is 5.97 Å². The van der Waals surface area contributed by atoms with Crippen LogP contribution < -0.4 is 9.64 Å². The Morgan fingerprint density at radius 3 is 2.68 bits per heavy atom. The summed E-state index contributed by atoms with van der Waals surface area (Å²) in [5.74, 6) is 0.0725. The molecule has 2 aromatic rings. The average Bonchev–Trinajstić information content (AvgIpc) is 2.80. The molecule has 5 heteroatoms. The third-order valence-corrected chi connectivity index (χ3v) is 4.84. The minimum atomic E-state index is -0.521. The van der Waals surface area contributed by atoms with Crippen LogP contribution in [0.1, 0.15) is 38.3 Å². The Morgan fingerprint density at radius 2 is 2.00 bits per heavy atom. The van der Waals surface area contributed by atoms with Crippen LogP contribution in [0.3, 0.4) is 0 Å². The van der Waals surface area contributed by atoms with Crippen LogP contribution in [0.15, 0.2) is 42.5 Å². The van der Waals surface area contributed by atoms with Crippen molar-refractivity contribution in [3.05, 3.63) is 59.4 Å². The molecule has 1 aliphatic rings. The molecule has 1 atom stereocenters. The minimum Gasteiger partial charge on any atom is -0.497 e. The van der Waals surface area contributed by atoms with Gasteiger partial charge in [-0.1, -0.05) is 18.2 Å². The maximum atomic E-state index is 13.7. The molecule has 3 rings (SSSR count). The van der Waals surface area contributed by atoms with Crippen molar-refractivity contribution in [1.29, 1.82) is 0 Å². The highest BCUT2D eigenvalue weighted by molar-refractivity contribution is 5.74. The van der Waals surface area contributed by atoms with Crippen LogP contribution in [0.25, 0.3) is 0 Å². The second-order valence-corrected chi connectivity index (χ2v) is 8.27. The van der Waals surface area contributed by atoms with Crippen LogP contribution in [0, 0.1) is 11.7 Å². The van der Waals surface area contributed by atoms with Gasteiger partial charge in [-0.15, -0.1) is 0 Å². The monoisotopic (exact) mass is 385 g/mol. The molecule has 28 heavy (non-hydrogen) atoms. The Labute approximate surface area is 166 Å². The van der Waals surface area contributed by atoms with Gasteiger partial charge in [-0.05, 0) is 62.9 Å². The number of carbonyl (C=O) groups is 1. The van der Waals surface area contributed by atoms with Crippen LogP contribution in [-0.4, -0.2) is 25.2 Å². The zero-order valence-electron chi connectivity index (χ0n) is 17.0. The first kappa shape index (κ1) is 20.2. The maximum Gasteiger partial charge on any atom is 0.311 e. The summed E-state index contributed by atoms with van der Waals surface area (Å²) in [6.45, 7) is 6.67. The molecule has 2 aromatic carbocycles. The van der Waals surface area contributed by atoms with Crippen molar-refractivity contribution in [2.24, 2.45) is 5.92 Å². The first-order valence-corrected chi connectivity index (χ1v) is 9.64. The molecule has 0 radical (unpaired) electrons. The maximum absolute atomic E-state index is 13.7. The van der Waals surface area contributed by atoms with Crippen molar-refractivity contribution < 1.29 is 18.7 Å². The summed E-state index contributed by atoms with van der Waals surface area (Å²) in [7, 11) is 1.64. The number of nitrogens with zero attached hydrogens (tertiary/aromatic N) is 1. The van der Waals surface area contributed by atoms with Crippen LogP contribution in [0.2, 0.25) is 0 Å². The van der Waals surface area contributed by atoms with E-state index in [1.807, 2.05) is 45.0 Å². The Balaban J connectivity index is 1.92. The van der Waals surface area contributed by atoms with Crippen molar-refractivity contribution in [2.75, 3.05) is 18.6 Å². The SMILES string of the molecule is COc1ccc2c(c1)N(Cc1cccc(F)c1)CC(C(=O)OC(C)(C)C)CC2. The number of ether oxygens (including phenoxy) is 2. The number of carbonyl (C=O) groups excluding carboxylic acids is 1. The van der Waals surface area contributed by atoms with Gasteiger partial charge in [-0.2, -0.15) is 0 Å². The largest absolute Gasteiger partial charge is 0.497 e. The van der Waals surface area contributed by atoms with Gasteiger partial charge in [0.15, 0.2) is 0 Å². The molecule has 0 aliphatic carbocycles. The van der Waals surface area contributed by atoms with E-state index in [-0.39, 0.29) is 17.7 Å². The lowest BCUT2D eigenvalue weighted by Crippen LogP contribution is -2.36. The van der Waals surface area contributed by atoms with E-state index in [2.05, 4.69) is 4.90 Å². The molecule has 1 aliphatic heterocycles. The number of aryl methyl sites for hydroxylation is 1. The molecule has 0 amide bonds. The quantitative estimate of drug-likeness (QED) is 0.713. The molecule has 0 saturated carbocycles. The molecule has 0 N–H and O–H groups in total. The summed E-state index contributed by atoms with van der Waals surface area (Å²) >= 11 is 0. The van der Waals surface area contributed by atoms with E-state index in [1.54, 1.807) is 13.2 Å². The summed E-state index contributed by atoms with van der Waals surface area (Å²) in [6.07, 6.45) is 1.50. The van der Waals surface area contributed by atoms with Gasteiger partial charge in [0.2, 0.25) is 0 Å². The number of methoxy groups -OCH3 is 1. The van der Waals surface area contributed by atoms with Crippen LogP contribution in [0.5, 0.6) is 5.75 Å². The van der Waals surface area contributed by atoms with Crippen LogP contribution >= 0.6 is 0 Å². The second-order valence-electron chi connectivity index (χ2n) is 8.27. The Hall–Kier alpha value is -2.56. The summed E-state index contributed by atoms with van der Waals surface area (Å²) in [6, 6.07) is 12.6. The zero-order chi connectivity index (χ0) is 20.3. The van der Waals surface area contributed by atoms with Gasteiger partial charge in [-0.25, -0.2) is 4.39 Å². The zero-order valence-corrected chi connectivity index (χ0v) is 17.0. The molecular weight excluding hydrogens is 357 g/mol. The first-order valence-electron chi connectivity index (χ1n) is 9.64. The van der Waals surface area contributed by atoms with Gasteiger partial charge in [0.1, 0.15) is 17.2 Å². The first-order chi connectivity index (χ1) is 13.2. The highest BCUT2D eigenvalue weighted by atomic mass is 19.1. The van der Waals surface area contributed by atoms with Crippen LogP contribution in [0.4, 0.5) is 10.1 Å². The van der Waals surface area contributed by atoms with Crippen molar-refractivity contribution >= 4 is 11.7 Å². The number of hydrogen-bond acceptors (Lipinski definition) is 4. The van der Waals surface area contributed by atoms with E-state index in [0.29, 0.717) is 19.5 Å². The smallest absolute Gasteiger partial charge is 0.311 e. The number of rotatable bonds is 4. The lowest BCUT2D eigenvalue weighted by molar-refractivity contribution is -0.159. The lowest BCUT2D eigenvalue weighted by atomic mass is 10.0. The fourth-order valence-electron chi connectivity index (χ4n) is 3.54. The average molecular weight is 385 g/mol. The number of benzene rings is 2. The molecule has 150 valence electrons. The van der Waals surface area contributed by atoms with Crippen LogP contribution in [-0.2, 0) is 22.5 Å². The van der Waals surface area contributed by atoms with E-state index in [1.165, 1.54) is 12.1 Å². The number of halogens is 1. The normalized spacial score (nSPS) is 16.9. The number of anilines is 1. The van der Waals surface area contributed by atoms with Crippen molar-refractivity contribution in [1.82, 2.24) is 0 Å². The van der Waals surface area contributed by atoms with Gasteiger partial charge in [0, 0.05) is 24.8 Å². The van der Waals surface area contributed by atoms with Crippen molar-refractivity contribution in [3.8, 4) is 5.75 Å². The van der Waals surface area contributed by atoms with E-state index in [9.17, 15) is 9.18 Å². The minimum absolute atomic E-state index is 0.184. The second kappa shape index (κ2) is 8.21. The third-order valence-electron chi connectivity index (χ3n) is 4.84. The molecular formula is C23H28FNO3. The number of esters is 1. The predicted octanol–water partition coefficient (Wildman–Crippen LogP) is 4.75. The summed E-state index contributed by atoms with van der Waals surface area (Å²) in [5, 5.41) is 0. The van der Waals surface area contributed by atoms with Gasteiger partial charge in [0.25, 0.3) is 0 Å². The molecule has 4 nitrogen and oxygen atoms in total. The Bertz CT molecular complexity index is 844. The predicted molar refractivity (Wildman–Crippen MR) is 108 cm³/mol. The molecule has 0 aromatic heterocycles. The summed E-state index contributed by atoms with van der Waals surface area (Å²) in [4.78, 5) is 14.9. The number of fused-ring (bicyclic) bond motifs is 1. The van der Waals surface area contributed by atoms with Gasteiger partial charge < -0.3 is 14.4 Å². The Kier molecular flexibility index (Phi) is 5.92. The topological polar surface area (TPSA) is 38.8 Å². The fourth-order valence-corrected chi connectivity index (χ4v) is 3.54. The van der Waals surface area contributed by atoms with E-state index >= 15 is 0 Å². The highest BCUT2D eigenvalue weighted by Gasteiger charge is 2.30. The van der Waals surface area contributed by atoms with Gasteiger partial charge in [0.05, 0.1) is 13.0 Å². The summed E-state index contributed by atoms with van der Waals surface area (Å²) < 4.78 is 24.7. The Morgan fingerprint density at radius 1 is 1.21 bits per heavy atom. The third kappa shape index (κ3) is 5.03. The van der Waals surface area contributed by atoms with E-state index in [0.717, 1.165) is 29.0 Å². The summed E-state index contributed by atoms with van der Waals surface area (Å²) in [5.41, 5.74) is 2.52. The molecule has 1 heterocycles. The highest BCUT2D eigenvalue weighted by Crippen LogP contribution is 2.33. The van der Waals surface area contributed by atoms with Crippen molar-refractivity contribution in [3.63, 3.8) is 0 Å². The fraction of sp³-hybridized carbons (Fsp3) is 0.435. The molecule has 0 fully saturated rings.